The first-order valence-corrected chi connectivity index (χ1v) is 8.56. The molecular weight excluding hydrogens is 266 g/mol. The van der Waals surface area contributed by atoms with Crippen molar-refractivity contribution in [3.05, 3.63) is 21.9 Å². The Labute approximate surface area is 127 Å². The lowest BCUT2D eigenvalue weighted by molar-refractivity contribution is -0.0725. The molecular formula is C17H29NOS. The van der Waals surface area contributed by atoms with Gasteiger partial charge in [0.15, 0.2) is 0 Å². The zero-order valence-electron chi connectivity index (χ0n) is 13.5. The fraction of sp³-hybridized carbons (Fsp3) is 0.765. The molecule has 20 heavy (non-hydrogen) atoms. The number of thiophene rings is 1. The molecule has 1 aliphatic carbocycles. The highest BCUT2D eigenvalue weighted by atomic mass is 32.1. The molecule has 0 radical (unpaired) electrons. The number of hydrogen-bond donors (Lipinski definition) is 1. The van der Waals surface area contributed by atoms with E-state index in [0.717, 1.165) is 18.8 Å². The minimum Gasteiger partial charge on any atom is -0.368 e. The van der Waals surface area contributed by atoms with E-state index in [0.29, 0.717) is 11.5 Å². The molecule has 1 aromatic rings. The Morgan fingerprint density at radius 1 is 1.35 bits per heavy atom. The topological polar surface area (TPSA) is 35.2 Å². The molecule has 4 atom stereocenters. The summed E-state index contributed by atoms with van der Waals surface area (Å²) >= 11 is 1.81. The van der Waals surface area contributed by atoms with Gasteiger partial charge in [-0.3, -0.25) is 0 Å². The summed E-state index contributed by atoms with van der Waals surface area (Å²) in [6.45, 7) is 11.2. The van der Waals surface area contributed by atoms with E-state index in [2.05, 4.69) is 46.8 Å². The molecule has 2 nitrogen and oxygen atoms in total. The highest BCUT2D eigenvalue weighted by molar-refractivity contribution is 7.12. The van der Waals surface area contributed by atoms with Crippen LogP contribution < -0.4 is 5.73 Å². The molecule has 1 heterocycles. The third-order valence-electron chi connectivity index (χ3n) is 4.20. The van der Waals surface area contributed by atoms with Gasteiger partial charge < -0.3 is 10.5 Å². The first-order chi connectivity index (χ1) is 9.27. The third-order valence-corrected chi connectivity index (χ3v) is 5.27. The summed E-state index contributed by atoms with van der Waals surface area (Å²) in [6.07, 6.45) is 3.99. The highest BCUT2D eigenvalue weighted by Gasteiger charge is 2.34. The van der Waals surface area contributed by atoms with Gasteiger partial charge in [-0.05, 0) is 56.6 Å². The summed E-state index contributed by atoms with van der Waals surface area (Å²) in [5, 5.41) is 0. The second-order valence-electron chi connectivity index (χ2n) is 7.40. The van der Waals surface area contributed by atoms with Gasteiger partial charge in [0.2, 0.25) is 0 Å². The van der Waals surface area contributed by atoms with Crippen LogP contribution in [-0.4, -0.2) is 12.1 Å². The first-order valence-electron chi connectivity index (χ1n) is 7.74. The summed E-state index contributed by atoms with van der Waals surface area (Å²) in [7, 11) is 0. The molecule has 0 aromatic carbocycles. The first kappa shape index (κ1) is 16.0. The number of hydrogen-bond acceptors (Lipinski definition) is 3. The molecule has 0 amide bonds. The predicted octanol–water partition coefficient (Wildman–Crippen LogP) is 4.68. The number of ether oxygens (including phenoxy) is 1. The molecule has 4 unspecified atom stereocenters. The van der Waals surface area contributed by atoms with Crippen LogP contribution in [0.2, 0.25) is 0 Å². The molecule has 0 aliphatic heterocycles. The van der Waals surface area contributed by atoms with Gasteiger partial charge >= 0.3 is 0 Å². The van der Waals surface area contributed by atoms with Gasteiger partial charge in [-0.2, -0.15) is 0 Å². The van der Waals surface area contributed by atoms with Crippen molar-refractivity contribution in [2.75, 3.05) is 0 Å². The molecule has 1 aromatic heterocycles. The maximum Gasteiger partial charge on any atom is 0.107 e. The summed E-state index contributed by atoms with van der Waals surface area (Å²) < 4.78 is 6.44. The van der Waals surface area contributed by atoms with Crippen molar-refractivity contribution in [1.82, 2.24) is 0 Å². The average molecular weight is 295 g/mol. The van der Waals surface area contributed by atoms with Gasteiger partial charge in [0.05, 0.1) is 6.10 Å². The fourth-order valence-electron chi connectivity index (χ4n) is 3.63. The molecule has 1 fully saturated rings. The van der Waals surface area contributed by atoms with Crippen molar-refractivity contribution in [3.63, 3.8) is 0 Å². The van der Waals surface area contributed by atoms with Crippen molar-refractivity contribution in [2.45, 2.75) is 72.1 Å². The van der Waals surface area contributed by atoms with Gasteiger partial charge in [0, 0.05) is 15.8 Å². The molecule has 3 heteroatoms. The lowest BCUT2D eigenvalue weighted by Gasteiger charge is -2.40. The van der Waals surface area contributed by atoms with Gasteiger partial charge in [-0.15, -0.1) is 11.3 Å². The maximum atomic E-state index is 6.44. The molecule has 114 valence electrons. The quantitative estimate of drug-likeness (QED) is 0.875. The van der Waals surface area contributed by atoms with Crippen LogP contribution in [-0.2, 0) is 4.74 Å². The van der Waals surface area contributed by atoms with Crippen LogP contribution in [0.4, 0.5) is 0 Å². The Bertz CT molecular complexity index is 438. The fourth-order valence-corrected chi connectivity index (χ4v) is 4.66. The monoisotopic (exact) mass is 295 g/mol. The van der Waals surface area contributed by atoms with Crippen molar-refractivity contribution in [3.8, 4) is 0 Å². The van der Waals surface area contributed by atoms with Gasteiger partial charge in [-0.25, -0.2) is 0 Å². The summed E-state index contributed by atoms with van der Waals surface area (Å²) in [5.74, 6) is 0.738. The second-order valence-corrected chi connectivity index (χ2v) is 8.72. The molecule has 1 aliphatic rings. The maximum absolute atomic E-state index is 6.44. The Morgan fingerprint density at radius 3 is 2.55 bits per heavy atom. The molecule has 0 saturated heterocycles. The highest BCUT2D eigenvalue weighted by Crippen LogP contribution is 2.42. The van der Waals surface area contributed by atoms with E-state index in [1.54, 1.807) is 0 Å². The van der Waals surface area contributed by atoms with E-state index in [1.807, 2.05) is 11.3 Å². The summed E-state index contributed by atoms with van der Waals surface area (Å²) in [5.41, 5.74) is 6.56. The van der Waals surface area contributed by atoms with Crippen molar-refractivity contribution >= 4 is 11.3 Å². The Kier molecular flexibility index (Phi) is 4.93. The van der Waals surface area contributed by atoms with Crippen LogP contribution in [0.3, 0.4) is 0 Å². The van der Waals surface area contributed by atoms with E-state index < -0.39 is 0 Å². The van der Waals surface area contributed by atoms with E-state index in [9.17, 15) is 0 Å². The number of rotatable bonds is 4. The summed E-state index contributed by atoms with van der Waals surface area (Å²) in [4.78, 5) is 2.60. The normalized spacial score (nSPS) is 29.1. The van der Waals surface area contributed by atoms with E-state index in [-0.39, 0.29) is 12.1 Å². The lowest BCUT2D eigenvalue weighted by Crippen LogP contribution is -2.36. The molecule has 0 spiro atoms. The SMILES string of the molecule is Cc1ccc(C(OC2CC(C)CC(C)(C)C2)C(C)N)s1. The van der Waals surface area contributed by atoms with E-state index in [4.69, 9.17) is 10.5 Å². The zero-order chi connectivity index (χ0) is 14.9. The van der Waals surface area contributed by atoms with Crippen LogP contribution in [0.5, 0.6) is 0 Å². The molecule has 1 saturated carbocycles. The standard InChI is InChI=1S/C17H29NOS/c1-11-8-14(10-17(4,5)9-11)19-16(13(3)18)15-7-6-12(2)20-15/h6-7,11,13-14,16H,8-10,18H2,1-5H3. The Balaban J connectivity index is 2.08. The van der Waals surface area contributed by atoms with Crippen LogP contribution in [0.1, 0.15) is 62.8 Å². The van der Waals surface area contributed by atoms with Crippen LogP contribution in [0.15, 0.2) is 12.1 Å². The second kappa shape index (κ2) is 6.17. The van der Waals surface area contributed by atoms with Crippen LogP contribution in [0, 0.1) is 18.3 Å². The van der Waals surface area contributed by atoms with Crippen LogP contribution in [0.25, 0.3) is 0 Å². The lowest BCUT2D eigenvalue weighted by atomic mass is 9.71. The average Bonchev–Trinajstić information content (AvgIpc) is 2.69. The predicted molar refractivity (Wildman–Crippen MR) is 87.1 cm³/mol. The van der Waals surface area contributed by atoms with Crippen molar-refractivity contribution in [2.24, 2.45) is 17.1 Å². The number of nitrogens with two attached hydrogens (primary N) is 1. The van der Waals surface area contributed by atoms with Gasteiger partial charge in [0.1, 0.15) is 6.10 Å². The van der Waals surface area contributed by atoms with Crippen molar-refractivity contribution in [1.29, 1.82) is 0 Å². The van der Waals surface area contributed by atoms with E-state index in [1.165, 1.54) is 16.2 Å². The van der Waals surface area contributed by atoms with Gasteiger partial charge in [-0.1, -0.05) is 20.8 Å². The zero-order valence-corrected chi connectivity index (χ0v) is 14.3. The molecule has 0 bridgehead atoms. The smallest absolute Gasteiger partial charge is 0.107 e. The minimum atomic E-state index is 0.0356. The number of aryl methyl sites for hydroxylation is 1. The minimum absolute atomic E-state index is 0.0356. The van der Waals surface area contributed by atoms with Crippen LogP contribution >= 0.6 is 11.3 Å². The molecule has 2 N–H and O–H groups in total. The van der Waals surface area contributed by atoms with E-state index >= 15 is 0 Å². The Morgan fingerprint density at radius 2 is 2.05 bits per heavy atom. The third kappa shape index (κ3) is 4.06. The largest absolute Gasteiger partial charge is 0.368 e. The molecule has 2 rings (SSSR count). The summed E-state index contributed by atoms with van der Waals surface area (Å²) in [6, 6.07) is 4.37. The van der Waals surface area contributed by atoms with Gasteiger partial charge in [0.25, 0.3) is 0 Å². The Hall–Kier alpha value is -0.380. The van der Waals surface area contributed by atoms with Crippen molar-refractivity contribution < 1.29 is 4.74 Å².